The summed E-state index contributed by atoms with van der Waals surface area (Å²) in [6.45, 7) is 9.60. The van der Waals surface area contributed by atoms with Crippen LogP contribution in [0.2, 0.25) is 0 Å². The molecule has 1 aliphatic carbocycles. The Morgan fingerprint density at radius 3 is 2.52 bits per heavy atom. The number of halogens is 1. The third-order valence-electron chi connectivity index (χ3n) is 7.10. The SMILES string of the molecule is CCOC1CC(NC(=NC)NCc2ccccc2CN2CCCC2=O)C1(CC)CC.I. The van der Waals surface area contributed by atoms with Gasteiger partial charge in [0, 0.05) is 51.2 Å². The molecular formula is C24H39IN4O2. The first-order chi connectivity index (χ1) is 14.6. The smallest absolute Gasteiger partial charge is 0.222 e. The van der Waals surface area contributed by atoms with Crippen molar-refractivity contribution in [2.24, 2.45) is 10.4 Å². The van der Waals surface area contributed by atoms with E-state index in [0.29, 0.717) is 31.7 Å². The van der Waals surface area contributed by atoms with E-state index < -0.39 is 0 Å². The van der Waals surface area contributed by atoms with E-state index in [9.17, 15) is 4.79 Å². The second-order valence-electron chi connectivity index (χ2n) is 8.43. The molecule has 7 heteroatoms. The van der Waals surface area contributed by atoms with Crippen molar-refractivity contribution in [1.82, 2.24) is 15.5 Å². The highest BCUT2D eigenvalue weighted by Crippen LogP contribution is 2.48. The molecule has 3 rings (SSSR count). The summed E-state index contributed by atoms with van der Waals surface area (Å²) in [6.07, 6.45) is 5.18. The number of hydrogen-bond acceptors (Lipinski definition) is 3. The molecule has 1 heterocycles. The van der Waals surface area contributed by atoms with Crippen molar-refractivity contribution in [2.75, 3.05) is 20.2 Å². The van der Waals surface area contributed by atoms with Crippen molar-refractivity contribution in [3.05, 3.63) is 35.4 Å². The Kier molecular flexibility index (Phi) is 10.1. The minimum absolute atomic E-state index is 0. The molecule has 6 nitrogen and oxygen atoms in total. The van der Waals surface area contributed by atoms with Crippen LogP contribution in [0.3, 0.4) is 0 Å². The molecule has 2 aliphatic rings. The maximum absolute atomic E-state index is 12.0. The van der Waals surface area contributed by atoms with Gasteiger partial charge in [0.05, 0.1) is 6.10 Å². The second-order valence-corrected chi connectivity index (χ2v) is 8.43. The van der Waals surface area contributed by atoms with Gasteiger partial charge in [0.1, 0.15) is 0 Å². The lowest BCUT2D eigenvalue weighted by atomic mass is 9.58. The molecule has 0 spiro atoms. The average Bonchev–Trinajstić information content (AvgIpc) is 3.16. The van der Waals surface area contributed by atoms with Crippen LogP contribution < -0.4 is 10.6 Å². The predicted octanol–water partition coefficient (Wildman–Crippen LogP) is 4.08. The highest BCUT2D eigenvalue weighted by atomic mass is 127. The Morgan fingerprint density at radius 2 is 1.94 bits per heavy atom. The van der Waals surface area contributed by atoms with Gasteiger partial charge in [-0.3, -0.25) is 9.79 Å². The normalized spacial score (nSPS) is 22.6. The Hall–Kier alpha value is -1.35. The maximum atomic E-state index is 12.0. The molecule has 0 aromatic heterocycles. The minimum Gasteiger partial charge on any atom is -0.378 e. The number of amides is 1. The number of guanidine groups is 1. The molecule has 174 valence electrons. The summed E-state index contributed by atoms with van der Waals surface area (Å²) in [4.78, 5) is 18.5. The van der Waals surface area contributed by atoms with Gasteiger partial charge in [-0.2, -0.15) is 0 Å². The highest BCUT2D eigenvalue weighted by Gasteiger charge is 2.53. The van der Waals surface area contributed by atoms with Crippen LogP contribution in [-0.2, 0) is 22.6 Å². The Balaban J connectivity index is 0.00000341. The van der Waals surface area contributed by atoms with Gasteiger partial charge >= 0.3 is 0 Å². The van der Waals surface area contributed by atoms with E-state index in [1.807, 2.05) is 18.0 Å². The lowest BCUT2D eigenvalue weighted by molar-refractivity contribution is -0.133. The van der Waals surface area contributed by atoms with E-state index in [2.05, 4.69) is 54.6 Å². The molecule has 2 fully saturated rings. The first-order valence-corrected chi connectivity index (χ1v) is 11.5. The van der Waals surface area contributed by atoms with Gasteiger partial charge in [-0.1, -0.05) is 38.1 Å². The minimum atomic E-state index is 0. The summed E-state index contributed by atoms with van der Waals surface area (Å²) in [5.74, 6) is 1.09. The zero-order valence-electron chi connectivity index (χ0n) is 19.4. The van der Waals surface area contributed by atoms with E-state index in [-0.39, 0.29) is 35.3 Å². The first kappa shape index (κ1) is 25.9. The van der Waals surface area contributed by atoms with Crippen LogP contribution in [0, 0.1) is 5.41 Å². The Bertz CT molecular complexity index is 751. The van der Waals surface area contributed by atoms with Gasteiger partial charge < -0.3 is 20.3 Å². The molecule has 0 bridgehead atoms. The number of likely N-dealkylation sites (tertiary alicyclic amines) is 1. The second kappa shape index (κ2) is 12.0. The number of rotatable bonds is 9. The number of benzene rings is 1. The summed E-state index contributed by atoms with van der Waals surface area (Å²) in [5, 5.41) is 7.14. The quantitative estimate of drug-likeness (QED) is 0.281. The molecule has 2 N–H and O–H groups in total. The van der Waals surface area contributed by atoms with Crippen molar-refractivity contribution < 1.29 is 9.53 Å². The third kappa shape index (κ3) is 5.72. The summed E-state index contributed by atoms with van der Waals surface area (Å²) in [7, 11) is 1.82. The summed E-state index contributed by atoms with van der Waals surface area (Å²) >= 11 is 0. The van der Waals surface area contributed by atoms with Crippen molar-refractivity contribution in [2.45, 2.75) is 78.1 Å². The molecule has 1 amide bonds. The number of ether oxygens (including phenoxy) is 1. The summed E-state index contributed by atoms with van der Waals surface area (Å²) < 4.78 is 6.01. The fraction of sp³-hybridized carbons (Fsp3) is 0.667. The molecule has 1 aromatic rings. The standard InChI is InChI=1S/C24H38N4O2.HI/c1-5-24(6-2)20(15-21(24)30-7-3)27-23(25-4)26-16-18-11-8-9-12-19(18)17-28-14-10-13-22(28)29;/h8-9,11-12,20-21H,5-7,10,13-17H2,1-4H3,(H2,25,26,27);1H. The van der Waals surface area contributed by atoms with Crippen LogP contribution in [0.4, 0.5) is 0 Å². The Labute approximate surface area is 204 Å². The molecule has 1 saturated heterocycles. The van der Waals surface area contributed by atoms with E-state index in [4.69, 9.17) is 4.74 Å². The molecule has 1 aromatic carbocycles. The fourth-order valence-corrected chi connectivity index (χ4v) is 5.08. The molecular weight excluding hydrogens is 503 g/mol. The topological polar surface area (TPSA) is 66.0 Å². The van der Waals surface area contributed by atoms with Gasteiger partial charge in [-0.25, -0.2) is 0 Å². The van der Waals surface area contributed by atoms with Crippen LogP contribution in [0.15, 0.2) is 29.3 Å². The van der Waals surface area contributed by atoms with E-state index in [1.54, 1.807) is 0 Å². The summed E-state index contributed by atoms with van der Waals surface area (Å²) in [5.41, 5.74) is 2.58. The summed E-state index contributed by atoms with van der Waals surface area (Å²) in [6, 6.07) is 8.72. The first-order valence-electron chi connectivity index (χ1n) is 11.5. The van der Waals surface area contributed by atoms with Gasteiger partial charge in [0.25, 0.3) is 0 Å². The van der Waals surface area contributed by atoms with Gasteiger partial charge in [-0.05, 0) is 43.7 Å². The maximum Gasteiger partial charge on any atom is 0.222 e. The van der Waals surface area contributed by atoms with Crippen LogP contribution in [0.1, 0.15) is 64.0 Å². The van der Waals surface area contributed by atoms with Crippen LogP contribution >= 0.6 is 24.0 Å². The molecule has 31 heavy (non-hydrogen) atoms. The number of nitrogens with one attached hydrogen (secondary N) is 2. The van der Waals surface area contributed by atoms with Crippen molar-refractivity contribution in [3.63, 3.8) is 0 Å². The zero-order chi connectivity index (χ0) is 21.6. The van der Waals surface area contributed by atoms with E-state index >= 15 is 0 Å². The Morgan fingerprint density at radius 1 is 1.23 bits per heavy atom. The van der Waals surface area contributed by atoms with Crippen molar-refractivity contribution in [1.29, 1.82) is 0 Å². The van der Waals surface area contributed by atoms with E-state index in [0.717, 1.165) is 44.8 Å². The van der Waals surface area contributed by atoms with Gasteiger partial charge in [-0.15, -0.1) is 24.0 Å². The highest BCUT2D eigenvalue weighted by molar-refractivity contribution is 14.0. The largest absolute Gasteiger partial charge is 0.378 e. The number of aliphatic imine (C=N–C) groups is 1. The zero-order valence-corrected chi connectivity index (χ0v) is 21.8. The van der Waals surface area contributed by atoms with Crippen LogP contribution in [0.25, 0.3) is 0 Å². The molecule has 2 atom stereocenters. The fourth-order valence-electron chi connectivity index (χ4n) is 5.08. The van der Waals surface area contributed by atoms with Gasteiger partial charge in [0.15, 0.2) is 5.96 Å². The number of carbonyl (C=O) groups is 1. The number of carbonyl (C=O) groups excluding carboxylic acids is 1. The molecule has 1 saturated carbocycles. The number of hydrogen-bond donors (Lipinski definition) is 2. The van der Waals surface area contributed by atoms with Crippen molar-refractivity contribution >= 4 is 35.8 Å². The van der Waals surface area contributed by atoms with E-state index in [1.165, 1.54) is 11.1 Å². The van der Waals surface area contributed by atoms with Crippen LogP contribution in [0.5, 0.6) is 0 Å². The molecule has 0 radical (unpaired) electrons. The van der Waals surface area contributed by atoms with Gasteiger partial charge in [0.2, 0.25) is 5.91 Å². The lowest BCUT2D eigenvalue weighted by Crippen LogP contribution is -2.65. The van der Waals surface area contributed by atoms with Crippen LogP contribution in [-0.4, -0.2) is 49.1 Å². The average molecular weight is 543 g/mol. The predicted molar refractivity (Wildman–Crippen MR) is 137 cm³/mol. The lowest BCUT2D eigenvalue weighted by Gasteiger charge is -2.55. The third-order valence-corrected chi connectivity index (χ3v) is 7.10. The molecule has 1 aliphatic heterocycles. The molecule has 2 unspecified atom stereocenters. The van der Waals surface area contributed by atoms with Crippen molar-refractivity contribution in [3.8, 4) is 0 Å². The monoisotopic (exact) mass is 542 g/mol. The number of nitrogens with zero attached hydrogens (tertiary/aromatic N) is 2.